The number of piperidine rings is 1. The summed E-state index contributed by atoms with van der Waals surface area (Å²) in [6, 6.07) is 0. The first kappa shape index (κ1) is 9.70. The summed E-state index contributed by atoms with van der Waals surface area (Å²) < 4.78 is 0. The third kappa shape index (κ3) is 3.67. The van der Waals surface area contributed by atoms with Crippen molar-refractivity contribution < 1.29 is 0 Å². The summed E-state index contributed by atoms with van der Waals surface area (Å²) >= 11 is 0. The molecule has 0 aromatic heterocycles. The molecule has 0 unspecified atom stereocenters. The van der Waals surface area contributed by atoms with E-state index in [0.717, 1.165) is 0 Å². The number of likely N-dealkylation sites (tertiary alicyclic amines) is 1. The SMILES string of the molecule is C=C1CCN(C)CC1.CC. The molecule has 0 N–H and O–H groups in total. The van der Waals surface area contributed by atoms with Crippen LogP contribution in [0, 0.1) is 0 Å². The van der Waals surface area contributed by atoms with Gasteiger partial charge in [0.05, 0.1) is 0 Å². The van der Waals surface area contributed by atoms with Crippen LogP contribution in [0.15, 0.2) is 12.2 Å². The zero-order valence-corrected chi connectivity index (χ0v) is 7.48. The Kier molecular flexibility index (Phi) is 5.32. The predicted molar refractivity (Wildman–Crippen MR) is 47.2 cm³/mol. The van der Waals surface area contributed by atoms with E-state index in [1.54, 1.807) is 0 Å². The third-order valence-corrected chi connectivity index (χ3v) is 1.69. The van der Waals surface area contributed by atoms with Gasteiger partial charge in [0.15, 0.2) is 0 Å². The summed E-state index contributed by atoms with van der Waals surface area (Å²) in [4.78, 5) is 2.34. The molecule has 1 saturated heterocycles. The minimum absolute atomic E-state index is 1.20. The Hall–Kier alpha value is -0.300. The highest BCUT2D eigenvalue weighted by Crippen LogP contribution is 2.10. The van der Waals surface area contributed by atoms with Crippen LogP contribution in [0.1, 0.15) is 26.7 Å². The minimum Gasteiger partial charge on any atom is -0.306 e. The van der Waals surface area contributed by atoms with Crippen molar-refractivity contribution in [1.82, 2.24) is 4.90 Å². The second kappa shape index (κ2) is 5.48. The lowest BCUT2D eigenvalue weighted by Crippen LogP contribution is -2.25. The maximum atomic E-state index is 3.92. The Morgan fingerprint density at radius 2 is 1.60 bits per heavy atom. The molecule has 1 nitrogen and oxygen atoms in total. The summed E-state index contributed by atoms with van der Waals surface area (Å²) in [5.74, 6) is 0. The first-order valence-corrected chi connectivity index (χ1v) is 4.14. The van der Waals surface area contributed by atoms with Gasteiger partial charge in [0.1, 0.15) is 0 Å². The lowest BCUT2D eigenvalue weighted by atomic mass is 10.1. The van der Waals surface area contributed by atoms with Gasteiger partial charge >= 0.3 is 0 Å². The van der Waals surface area contributed by atoms with Gasteiger partial charge in [0.25, 0.3) is 0 Å². The maximum Gasteiger partial charge on any atom is 0.00156 e. The molecule has 1 aliphatic heterocycles. The molecule has 0 aromatic rings. The highest BCUT2D eigenvalue weighted by molar-refractivity contribution is 4.98. The van der Waals surface area contributed by atoms with E-state index in [0.29, 0.717) is 0 Å². The third-order valence-electron chi connectivity index (χ3n) is 1.69. The quantitative estimate of drug-likeness (QED) is 0.468. The van der Waals surface area contributed by atoms with Crippen molar-refractivity contribution in [3.8, 4) is 0 Å². The van der Waals surface area contributed by atoms with Gasteiger partial charge in [-0.3, -0.25) is 0 Å². The van der Waals surface area contributed by atoms with Crippen molar-refractivity contribution in [1.29, 1.82) is 0 Å². The Bertz CT molecular complexity index is 86.9. The van der Waals surface area contributed by atoms with Crippen LogP contribution in [0.4, 0.5) is 0 Å². The minimum atomic E-state index is 1.20. The van der Waals surface area contributed by atoms with Gasteiger partial charge in [-0.2, -0.15) is 0 Å². The van der Waals surface area contributed by atoms with Crippen LogP contribution >= 0.6 is 0 Å². The van der Waals surface area contributed by atoms with Crippen molar-refractivity contribution in [2.45, 2.75) is 26.7 Å². The zero-order valence-electron chi connectivity index (χ0n) is 7.48. The summed E-state index contributed by atoms with van der Waals surface area (Å²) in [5, 5.41) is 0. The molecular formula is C9H19N. The zero-order chi connectivity index (χ0) is 7.98. The van der Waals surface area contributed by atoms with E-state index < -0.39 is 0 Å². The Morgan fingerprint density at radius 1 is 1.20 bits per heavy atom. The Labute approximate surface area is 64.7 Å². The van der Waals surface area contributed by atoms with E-state index in [1.165, 1.54) is 31.5 Å². The van der Waals surface area contributed by atoms with Gasteiger partial charge < -0.3 is 4.90 Å². The second-order valence-corrected chi connectivity index (χ2v) is 2.55. The first-order valence-electron chi connectivity index (χ1n) is 4.14. The molecule has 60 valence electrons. The van der Waals surface area contributed by atoms with E-state index in [4.69, 9.17) is 0 Å². The molecule has 1 fully saturated rings. The van der Waals surface area contributed by atoms with Gasteiger partial charge in [0, 0.05) is 13.1 Å². The van der Waals surface area contributed by atoms with Gasteiger partial charge in [-0.1, -0.05) is 26.0 Å². The largest absolute Gasteiger partial charge is 0.306 e. The number of rotatable bonds is 0. The number of hydrogen-bond donors (Lipinski definition) is 0. The Morgan fingerprint density at radius 3 is 1.90 bits per heavy atom. The van der Waals surface area contributed by atoms with Crippen LogP contribution in [-0.4, -0.2) is 25.0 Å². The molecule has 1 rings (SSSR count). The topological polar surface area (TPSA) is 3.24 Å². The summed E-state index contributed by atoms with van der Waals surface area (Å²) in [6.45, 7) is 10.3. The lowest BCUT2D eigenvalue weighted by Gasteiger charge is -2.22. The van der Waals surface area contributed by atoms with Crippen LogP contribution in [0.3, 0.4) is 0 Å². The molecule has 0 aromatic carbocycles. The molecule has 0 spiro atoms. The monoisotopic (exact) mass is 141 g/mol. The standard InChI is InChI=1S/C7H13N.C2H6/c1-7-3-5-8(2)6-4-7;1-2/h1,3-6H2,2H3;1-2H3. The van der Waals surface area contributed by atoms with E-state index in [-0.39, 0.29) is 0 Å². The van der Waals surface area contributed by atoms with E-state index in [9.17, 15) is 0 Å². The summed E-state index contributed by atoms with van der Waals surface area (Å²) in [5.41, 5.74) is 1.42. The molecule has 1 aliphatic rings. The van der Waals surface area contributed by atoms with Crippen molar-refractivity contribution in [3.05, 3.63) is 12.2 Å². The highest BCUT2D eigenvalue weighted by Gasteiger charge is 2.06. The molecule has 1 heterocycles. The van der Waals surface area contributed by atoms with Crippen LogP contribution in [0.5, 0.6) is 0 Å². The van der Waals surface area contributed by atoms with Gasteiger partial charge in [-0.25, -0.2) is 0 Å². The van der Waals surface area contributed by atoms with E-state index in [2.05, 4.69) is 18.5 Å². The molecule has 10 heavy (non-hydrogen) atoms. The highest BCUT2D eigenvalue weighted by atomic mass is 15.1. The molecule has 0 bridgehead atoms. The molecule has 0 atom stereocenters. The maximum absolute atomic E-state index is 3.92. The summed E-state index contributed by atoms with van der Waals surface area (Å²) in [6.07, 6.45) is 2.41. The van der Waals surface area contributed by atoms with Crippen molar-refractivity contribution in [2.75, 3.05) is 20.1 Å². The molecule has 1 heteroatoms. The average molecular weight is 141 g/mol. The average Bonchev–Trinajstić information content (AvgIpc) is 2.00. The van der Waals surface area contributed by atoms with Crippen LogP contribution in [-0.2, 0) is 0 Å². The normalized spacial score (nSPS) is 19.7. The predicted octanol–water partition coefficient (Wildman–Crippen LogP) is 2.29. The molecule has 0 saturated carbocycles. The van der Waals surface area contributed by atoms with Crippen molar-refractivity contribution in [3.63, 3.8) is 0 Å². The smallest absolute Gasteiger partial charge is 0.00156 e. The summed E-state index contributed by atoms with van der Waals surface area (Å²) in [7, 11) is 2.16. The fraction of sp³-hybridized carbons (Fsp3) is 0.778. The van der Waals surface area contributed by atoms with Crippen LogP contribution in [0.2, 0.25) is 0 Å². The van der Waals surface area contributed by atoms with E-state index in [1.807, 2.05) is 13.8 Å². The van der Waals surface area contributed by atoms with Gasteiger partial charge in [0.2, 0.25) is 0 Å². The number of nitrogens with zero attached hydrogens (tertiary/aromatic N) is 1. The molecule has 0 radical (unpaired) electrons. The van der Waals surface area contributed by atoms with Crippen molar-refractivity contribution >= 4 is 0 Å². The number of hydrogen-bond acceptors (Lipinski definition) is 1. The Balaban J connectivity index is 0.000000371. The molecular weight excluding hydrogens is 122 g/mol. The van der Waals surface area contributed by atoms with Crippen molar-refractivity contribution in [2.24, 2.45) is 0 Å². The van der Waals surface area contributed by atoms with Crippen LogP contribution in [0.25, 0.3) is 0 Å². The van der Waals surface area contributed by atoms with Crippen LogP contribution < -0.4 is 0 Å². The lowest BCUT2D eigenvalue weighted by molar-refractivity contribution is 0.313. The fourth-order valence-corrected chi connectivity index (χ4v) is 0.935. The van der Waals surface area contributed by atoms with Gasteiger partial charge in [-0.15, -0.1) is 0 Å². The van der Waals surface area contributed by atoms with E-state index >= 15 is 0 Å². The second-order valence-electron chi connectivity index (χ2n) is 2.55. The molecule has 0 aliphatic carbocycles. The molecule has 0 amide bonds. The van der Waals surface area contributed by atoms with Gasteiger partial charge in [-0.05, 0) is 19.9 Å². The fourth-order valence-electron chi connectivity index (χ4n) is 0.935. The first-order chi connectivity index (χ1) is 4.79.